The molecule has 1 unspecified atom stereocenters. The normalized spacial score (nSPS) is 18.3. The van der Waals surface area contributed by atoms with Crippen LogP contribution in [-0.2, 0) is 9.84 Å². The molecule has 0 amide bonds. The predicted octanol–water partition coefficient (Wildman–Crippen LogP) is 3.43. The summed E-state index contributed by atoms with van der Waals surface area (Å²) < 4.78 is 23.2. The van der Waals surface area contributed by atoms with Crippen molar-refractivity contribution in [3.63, 3.8) is 0 Å². The van der Waals surface area contributed by atoms with Crippen molar-refractivity contribution in [2.45, 2.75) is 18.8 Å². The van der Waals surface area contributed by atoms with E-state index in [2.05, 4.69) is 64.2 Å². The average molecular weight is 527 g/mol. The van der Waals surface area contributed by atoms with Crippen LogP contribution >= 0.6 is 24.0 Å². The van der Waals surface area contributed by atoms with Gasteiger partial charge >= 0.3 is 0 Å². The van der Waals surface area contributed by atoms with Crippen molar-refractivity contribution in [1.82, 2.24) is 10.6 Å². The second kappa shape index (κ2) is 11.5. The van der Waals surface area contributed by atoms with Crippen molar-refractivity contribution in [3.05, 3.63) is 71.8 Å². The first-order valence-electron chi connectivity index (χ1n) is 9.82. The molecule has 0 saturated carbocycles. The minimum atomic E-state index is -2.84. The Balaban J connectivity index is 0.00000300. The molecule has 1 atom stereocenters. The van der Waals surface area contributed by atoms with E-state index < -0.39 is 9.84 Å². The smallest absolute Gasteiger partial charge is 0.190 e. The van der Waals surface area contributed by atoms with Crippen molar-refractivity contribution >= 4 is 39.8 Å². The Morgan fingerprint density at radius 3 is 2.10 bits per heavy atom. The summed E-state index contributed by atoms with van der Waals surface area (Å²) in [6.07, 6.45) is 1.67. The highest BCUT2D eigenvalue weighted by molar-refractivity contribution is 14.0. The lowest BCUT2D eigenvalue weighted by atomic mass is 9.88. The Morgan fingerprint density at radius 1 is 1.03 bits per heavy atom. The van der Waals surface area contributed by atoms with Crippen LogP contribution in [0.15, 0.2) is 65.7 Å². The first-order chi connectivity index (χ1) is 13.6. The van der Waals surface area contributed by atoms with E-state index in [9.17, 15) is 8.42 Å². The van der Waals surface area contributed by atoms with Crippen LogP contribution in [-0.4, -0.2) is 46.0 Å². The first-order valence-corrected chi connectivity index (χ1v) is 11.6. The molecule has 3 rings (SSSR count). The van der Waals surface area contributed by atoms with E-state index >= 15 is 0 Å². The Labute approximate surface area is 191 Å². The molecule has 2 N–H and O–H groups in total. The summed E-state index contributed by atoms with van der Waals surface area (Å²) in [4.78, 5) is 4.27. The molecule has 0 bridgehead atoms. The van der Waals surface area contributed by atoms with E-state index in [1.54, 1.807) is 7.05 Å². The fourth-order valence-corrected chi connectivity index (χ4v) is 5.59. The summed E-state index contributed by atoms with van der Waals surface area (Å²) in [5.41, 5.74) is 2.60. The lowest BCUT2D eigenvalue weighted by molar-refractivity contribution is 0.565. The monoisotopic (exact) mass is 527 g/mol. The van der Waals surface area contributed by atoms with Crippen LogP contribution in [0.2, 0.25) is 0 Å². The summed E-state index contributed by atoms with van der Waals surface area (Å²) in [6, 6.07) is 21.1. The lowest BCUT2D eigenvalue weighted by Crippen LogP contribution is -2.40. The molecule has 1 heterocycles. The number of guanidine groups is 1. The van der Waals surface area contributed by atoms with E-state index in [0.717, 1.165) is 25.3 Å². The first kappa shape index (κ1) is 23.7. The third kappa shape index (κ3) is 7.29. The molecular formula is C22H30IN3O2S. The van der Waals surface area contributed by atoms with Crippen LogP contribution in [0.1, 0.15) is 29.9 Å². The van der Waals surface area contributed by atoms with Gasteiger partial charge in [-0.05, 0) is 29.9 Å². The zero-order chi connectivity index (χ0) is 19.8. The van der Waals surface area contributed by atoms with Gasteiger partial charge in [0.15, 0.2) is 15.8 Å². The van der Waals surface area contributed by atoms with Crippen LogP contribution in [0, 0.1) is 5.92 Å². The van der Waals surface area contributed by atoms with E-state index in [1.807, 2.05) is 12.1 Å². The fraction of sp³-hybridized carbons (Fsp3) is 0.409. The van der Waals surface area contributed by atoms with Crippen LogP contribution in [0.3, 0.4) is 0 Å². The van der Waals surface area contributed by atoms with Gasteiger partial charge in [0.05, 0.1) is 11.5 Å². The molecule has 0 radical (unpaired) electrons. The maximum atomic E-state index is 11.6. The third-order valence-electron chi connectivity index (χ3n) is 5.24. The van der Waals surface area contributed by atoms with Gasteiger partial charge < -0.3 is 10.6 Å². The molecule has 5 nitrogen and oxygen atoms in total. The van der Waals surface area contributed by atoms with Crippen LogP contribution < -0.4 is 10.6 Å². The highest BCUT2D eigenvalue weighted by Gasteiger charge is 2.27. The minimum absolute atomic E-state index is 0. The molecule has 0 aromatic heterocycles. The van der Waals surface area contributed by atoms with Gasteiger partial charge in [0, 0.05) is 26.1 Å². The van der Waals surface area contributed by atoms with Crippen LogP contribution in [0.25, 0.3) is 0 Å². The Kier molecular flexibility index (Phi) is 9.42. The van der Waals surface area contributed by atoms with E-state index in [0.29, 0.717) is 18.2 Å². The lowest BCUT2D eigenvalue weighted by Gasteiger charge is -2.20. The highest BCUT2D eigenvalue weighted by atomic mass is 127. The average Bonchev–Trinajstić information content (AvgIpc) is 3.07. The van der Waals surface area contributed by atoms with Crippen LogP contribution in [0.5, 0.6) is 0 Å². The second-order valence-electron chi connectivity index (χ2n) is 7.31. The Morgan fingerprint density at radius 2 is 1.62 bits per heavy atom. The number of sulfone groups is 1. The number of nitrogens with one attached hydrogen (secondary N) is 2. The van der Waals surface area contributed by atoms with Gasteiger partial charge in [0.1, 0.15) is 0 Å². The molecule has 1 aliphatic heterocycles. The van der Waals surface area contributed by atoms with Gasteiger partial charge in [-0.1, -0.05) is 60.7 Å². The molecular weight excluding hydrogens is 497 g/mol. The highest BCUT2D eigenvalue weighted by Crippen LogP contribution is 2.27. The molecule has 1 saturated heterocycles. The Hall–Kier alpha value is -1.61. The number of halogens is 1. The number of benzene rings is 2. The van der Waals surface area contributed by atoms with Gasteiger partial charge in [0.25, 0.3) is 0 Å². The van der Waals surface area contributed by atoms with Gasteiger partial charge in [-0.3, -0.25) is 4.99 Å². The maximum absolute atomic E-state index is 11.6. The molecule has 29 heavy (non-hydrogen) atoms. The van der Waals surface area contributed by atoms with Gasteiger partial charge in [-0.15, -0.1) is 24.0 Å². The minimum Gasteiger partial charge on any atom is -0.356 e. The summed E-state index contributed by atoms with van der Waals surface area (Å²) in [5.74, 6) is 1.80. The summed E-state index contributed by atoms with van der Waals surface area (Å²) in [6.45, 7) is 1.41. The van der Waals surface area contributed by atoms with Crippen molar-refractivity contribution in [1.29, 1.82) is 0 Å². The number of rotatable bonds is 7. The molecule has 0 spiro atoms. The number of nitrogens with zero attached hydrogens (tertiary/aromatic N) is 1. The van der Waals surface area contributed by atoms with Gasteiger partial charge in [-0.2, -0.15) is 0 Å². The van der Waals surface area contributed by atoms with Crippen molar-refractivity contribution in [2.24, 2.45) is 10.9 Å². The van der Waals surface area contributed by atoms with E-state index in [-0.39, 0.29) is 35.6 Å². The summed E-state index contributed by atoms with van der Waals surface area (Å²) in [7, 11) is -1.10. The van der Waals surface area contributed by atoms with Crippen molar-refractivity contribution < 1.29 is 8.42 Å². The zero-order valence-electron chi connectivity index (χ0n) is 16.8. The van der Waals surface area contributed by atoms with E-state index in [4.69, 9.17) is 0 Å². The number of hydrogen-bond acceptors (Lipinski definition) is 3. The summed E-state index contributed by atoms with van der Waals surface area (Å²) >= 11 is 0. The predicted molar refractivity (Wildman–Crippen MR) is 131 cm³/mol. The Bertz CT molecular complexity index is 834. The summed E-state index contributed by atoms with van der Waals surface area (Å²) in [5, 5.41) is 6.65. The maximum Gasteiger partial charge on any atom is 0.190 e. The standard InChI is InChI=1S/C22H29N3O2S.HI/c1-23-22(25-16-18-13-15-28(26,27)17-18)24-14-12-21(19-8-4-2-5-9-19)20-10-6-3-7-11-20;/h2-11,18,21H,12-17H2,1H3,(H2,23,24,25);1H. The zero-order valence-corrected chi connectivity index (χ0v) is 19.9. The number of aliphatic imine (C=N–C) groups is 1. The molecule has 1 fully saturated rings. The molecule has 2 aromatic rings. The topological polar surface area (TPSA) is 70.6 Å². The number of hydrogen-bond donors (Lipinski definition) is 2. The molecule has 7 heteroatoms. The SMILES string of the molecule is CN=C(NCCC(c1ccccc1)c1ccccc1)NCC1CCS(=O)(=O)C1.I. The largest absolute Gasteiger partial charge is 0.356 e. The van der Waals surface area contributed by atoms with Crippen LogP contribution in [0.4, 0.5) is 0 Å². The fourth-order valence-electron chi connectivity index (χ4n) is 3.73. The van der Waals surface area contributed by atoms with Gasteiger partial charge in [0.2, 0.25) is 0 Å². The van der Waals surface area contributed by atoms with Crippen molar-refractivity contribution in [3.8, 4) is 0 Å². The molecule has 2 aromatic carbocycles. The second-order valence-corrected chi connectivity index (χ2v) is 9.54. The van der Waals surface area contributed by atoms with E-state index in [1.165, 1.54) is 11.1 Å². The van der Waals surface area contributed by atoms with Gasteiger partial charge in [-0.25, -0.2) is 8.42 Å². The third-order valence-corrected chi connectivity index (χ3v) is 7.07. The molecule has 1 aliphatic rings. The molecule has 0 aliphatic carbocycles. The molecule has 158 valence electrons. The van der Waals surface area contributed by atoms with Crippen molar-refractivity contribution in [2.75, 3.05) is 31.6 Å². The quantitative estimate of drug-likeness (QED) is 0.329.